The van der Waals surface area contributed by atoms with Gasteiger partial charge in [-0.2, -0.15) is 0 Å². The van der Waals surface area contributed by atoms with E-state index in [1.165, 1.54) is 11.1 Å². The van der Waals surface area contributed by atoms with Gasteiger partial charge in [-0.1, -0.05) is 79.6 Å². The van der Waals surface area contributed by atoms with Gasteiger partial charge in [0.2, 0.25) is 0 Å². The van der Waals surface area contributed by atoms with Crippen LogP contribution >= 0.6 is 0 Å². The minimum Gasteiger partial charge on any atom is -0.480 e. The molecule has 1 N–H and O–H groups in total. The van der Waals surface area contributed by atoms with Crippen LogP contribution < -0.4 is 0 Å². The van der Waals surface area contributed by atoms with Crippen molar-refractivity contribution in [3.05, 3.63) is 83.4 Å². The number of hydrogen-bond acceptors (Lipinski definition) is 4. The fourth-order valence-electron chi connectivity index (χ4n) is 5.94. The van der Waals surface area contributed by atoms with Crippen molar-refractivity contribution in [2.24, 2.45) is 0 Å². The minimum absolute atomic E-state index is 0.425. The van der Waals surface area contributed by atoms with Gasteiger partial charge in [0, 0.05) is 13.1 Å². The second-order valence-electron chi connectivity index (χ2n) is 9.84. The highest BCUT2D eigenvalue weighted by atomic mass is 16.5. The Hall–Kier alpha value is -2.47. The maximum absolute atomic E-state index is 13.2. The van der Waals surface area contributed by atoms with Gasteiger partial charge in [-0.3, -0.25) is 9.69 Å². The normalized spacial score (nSPS) is 20.1. The average molecular weight is 478 g/mol. The Balaban J connectivity index is 1.55. The number of ether oxygens (including phenoxy) is 2. The molecule has 0 aromatic heterocycles. The molecule has 5 heteroatoms. The Bertz CT molecular complexity index is 960. The third kappa shape index (κ3) is 5.69. The van der Waals surface area contributed by atoms with Gasteiger partial charge in [-0.15, -0.1) is 0 Å². The number of carbonyl (C=O) groups is 1. The largest absolute Gasteiger partial charge is 0.480 e. The highest BCUT2D eigenvalue weighted by Crippen LogP contribution is 2.48. The van der Waals surface area contributed by atoms with Crippen LogP contribution in [-0.2, 0) is 27.3 Å². The van der Waals surface area contributed by atoms with Crippen molar-refractivity contribution in [2.45, 2.75) is 69.6 Å². The molecule has 4 rings (SSSR count). The summed E-state index contributed by atoms with van der Waals surface area (Å²) in [5, 5.41) is 10.8. The van der Waals surface area contributed by atoms with Gasteiger partial charge in [0.15, 0.2) is 0 Å². The number of carboxylic acids is 1. The van der Waals surface area contributed by atoms with E-state index < -0.39 is 17.1 Å². The molecular formula is C30H39NO4. The molecule has 2 fully saturated rings. The number of aliphatic carboxylic acids is 1. The first-order chi connectivity index (χ1) is 17.1. The Morgan fingerprint density at radius 3 is 2.29 bits per heavy atom. The lowest BCUT2D eigenvalue weighted by molar-refractivity contribution is -0.199. The summed E-state index contributed by atoms with van der Waals surface area (Å²) in [6.07, 6.45) is 9.80. The number of rotatable bonds is 11. The van der Waals surface area contributed by atoms with Crippen LogP contribution in [0.3, 0.4) is 0 Å². The molecule has 1 saturated carbocycles. The first-order valence-electron chi connectivity index (χ1n) is 13.0. The summed E-state index contributed by atoms with van der Waals surface area (Å²) in [4.78, 5) is 15.3. The van der Waals surface area contributed by atoms with Crippen molar-refractivity contribution < 1.29 is 19.4 Å². The highest BCUT2D eigenvalue weighted by Gasteiger charge is 2.61. The van der Waals surface area contributed by atoms with Crippen LogP contribution in [-0.4, -0.2) is 53.4 Å². The quantitative estimate of drug-likeness (QED) is 0.426. The van der Waals surface area contributed by atoms with E-state index in [9.17, 15) is 9.90 Å². The Morgan fingerprint density at radius 2 is 1.66 bits per heavy atom. The molecule has 5 nitrogen and oxygen atoms in total. The maximum atomic E-state index is 13.2. The predicted octanol–water partition coefficient (Wildman–Crippen LogP) is 5.62. The molecule has 1 unspecified atom stereocenters. The van der Waals surface area contributed by atoms with Crippen molar-refractivity contribution >= 4 is 5.97 Å². The molecule has 1 aliphatic carbocycles. The zero-order valence-corrected chi connectivity index (χ0v) is 21.0. The summed E-state index contributed by atoms with van der Waals surface area (Å²) in [7, 11) is 0. The third-order valence-corrected chi connectivity index (χ3v) is 7.77. The van der Waals surface area contributed by atoms with E-state index in [0.717, 1.165) is 44.1 Å². The molecule has 0 bridgehead atoms. The van der Waals surface area contributed by atoms with Crippen molar-refractivity contribution in [1.29, 1.82) is 0 Å². The Morgan fingerprint density at radius 1 is 1.03 bits per heavy atom. The number of allylic oxidation sites excluding steroid dienone is 2. The molecule has 1 saturated heterocycles. The lowest BCUT2D eigenvalue weighted by atomic mass is 9.72. The van der Waals surface area contributed by atoms with Gasteiger partial charge >= 0.3 is 5.97 Å². The molecule has 2 aromatic carbocycles. The van der Waals surface area contributed by atoms with Crippen molar-refractivity contribution in [1.82, 2.24) is 4.90 Å². The first kappa shape index (κ1) is 25.6. The fraction of sp³-hybridized carbons (Fsp3) is 0.500. The van der Waals surface area contributed by atoms with Gasteiger partial charge < -0.3 is 14.6 Å². The molecule has 2 aromatic rings. The van der Waals surface area contributed by atoms with Crippen LogP contribution in [0.25, 0.3) is 0 Å². The van der Waals surface area contributed by atoms with E-state index in [-0.39, 0.29) is 0 Å². The topological polar surface area (TPSA) is 59.0 Å². The molecular weight excluding hydrogens is 438 g/mol. The number of benzene rings is 2. The zero-order valence-electron chi connectivity index (χ0n) is 21.0. The smallest absolute Gasteiger partial charge is 0.327 e. The van der Waals surface area contributed by atoms with Crippen LogP contribution in [0.5, 0.6) is 0 Å². The van der Waals surface area contributed by atoms with Crippen molar-refractivity contribution in [3.63, 3.8) is 0 Å². The lowest BCUT2D eigenvalue weighted by Crippen LogP contribution is -2.70. The molecule has 1 atom stereocenters. The van der Waals surface area contributed by atoms with E-state index in [1.54, 1.807) is 0 Å². The van der Waals surface area contributed by atoms with E-state index in [1.807, 2.05) is 19.1 Å². The first-order valence-corrected chi connectivity index (χ1v) is 13.0. The van der Waals surface area contributed by atoms with E-state index in [4.69, 9.17) is 9.47 Å². The van der Waals surface area contributed by atoms with E-state index in [2.05, 4.69) is 59.5 Å². The second kappa shape index (κ2) is 12.0. The maximum Gasteiger partial charge on any atom is 0.327 e. The zero-order chi connectivity index (χ0) is 24.6. The second-order valence-corrected chi connectivity index (χ2v) is 9.84. The van der Waals surface area contributed by atoms with Gasteiger partial charge in [-0.05, 0) is 55.7 Å². The van der Waals surface area contributed by atoms with E-state index in [0.29, 0.717) is 39.3 Å². The fourth-order valence-corrected chi connectivity index (χ4v) is 5.94. The van der Waals surface area contributed by atoms with Gasteiger partial charge in [0.1, 0.15) is 5.54 Å². The minimum atomic E-state index is -1.06. The molecule has 188 valence electrons. The van der Waals surface area contributed by atoms with Gasteiger partial charge in [0.05, 0.1) is 25.4 Å². The molecule has 35 heavy (non-hydrogen) atoms. The summed E-state index contributed by atoms with van der Waals surface area (Å²) in [6, 6.07) is 19.0. The predicted molar refractivity (Wildman–Crippen MR) is 138 cm³/mol. The SMILES string of the molecule is CC=CCCC(C(=O)O)(N1CCOCC1)C1(OCc2ccc(Cc3ccccc3)cc2)CCCC1. The monoisotopic (exact) mass is 477 g/mol. The highest BCUT2D eigenvalue weighted by molar-refractivity contribution is 5.81. The Kier molecular flexibility index (Phi) is 8.77. The number of carboxylic acid groups (broad SMARTS) is 1. The summed E-state index contributed by atoms with van der Waals surface area (Å²) in [6.45, 7) is 4.80. The summed E-state index contributed by atoms with van der Waals surface area (Å²) < 4.78 is 12.3. The number of nitrogens with zero attached hydrogens (tertiary/aromatic N) is 1. The van der Waals surface area contributed by atoms with Crippen LogP contribution in [0.4, 0.5) is 0 Å². The van der Waals surface area contributed by atoms with Gasteiger partial charge in [0.25, 0.3) is 0 Å². The van der Waals surface area contributed by atoms with Crippen LogP contribution in [0, 0.1) is 0 Å². The molecule has 1 aliphatic heterocycles. The third-order valence-electron chi connectivity index (χ3n) is 7.77. The number of hydrogen-bond donors (Lipinski definition) is 1. The van der Waals surface area contributed by atoms with Crippen LogP contribution in [0.1, 0.15) is 62.1 Å². The van der Waals surface area contributed by atoms with Crippen LogP contribution in [0.15, 0.2) is 66.7 Å². The van der Waals surface area contributed by atoms with Crippen LogP contribution in [0.2, 0.25) is 0 Å². The van der Waals surface area contributed by atoms with E-state index >= 15 is 0 Å². The standard InChI is InChI=1S/C30H39NO4/c1-2-3-7-18-30(28(32)33,31-19-21-34-22-20-31)29(16-8-9-17-29)35-24-27-14-12-26(13-15-27)23-25-10-5-4-6-11-25/h2-6,10-15H,7-9,16-24H2,1H3,(H,32,33). The molecule has 2 aliphatic rings. The van der Waals surface area contributed by atoms with Gasteiger partial charge in [-0.25, -0.2) is 0 Å². The molecule has 0 spiro atoms. The molecule has 1 heterocycles. The van der Waals surface area contributed by atoms with Crippen molar-refractivity contribution in [2.75, 3.05) is 26.3 Å². The molecule has 0 radical (unpaired) electrons. The van der Waals surface area contributed by atoms with Crippen molar-refractivity contribution in [3.8, 4) is 0 Å². The average Bonchev–Trinajstić information content (AvgIpc) is 3.37. The summed E-state index contributed by atoms with van der Waals surface area (Å²) in [5.41, 5.74) is 1.87. The summed E-state index contributed by atoms with van der Waals surface area (Å²) >= 11 is 0. The number of morpholine rings is 1. The summed E-state index contributed by atoms with van der Waals surface area (Å²) in [5.74, 6) is -0.760. The molecule has 0 amide bonds. The Labute approximate surface area is 209 Å². The lowest BCUT2D eigenvalue weighted by Gasteiger charge is -2.52.